The maximum atomic E-state index is 13.7. The zero-order valence-electron chi connectivity index (χ0n) is 19.0. The number of benzene rings is 2. The number of aliphatic hydroxyl groups is 1. The molecule has 0 aliphatic heterocycles. The molecule has 2 rings (SSSR count). The Labute approximate surface area is 203 Å². The molecule has 0 radical (unpaired) electrons. The van der Waals surface area contributed by atoms with Crippen LogP contribution < -0.4 is 16.0 Å². The quantitative estimate of drug-likeness (QED) is 0.359. The number of hydrogen-bond acceptors (Lipinski definition) is 5. The van der Waals surface area contributed by atoms with E-state index in [0.29, 0.717) is 16.4 Å². The van der Waals surface area contributed by atoms with E-state index in [9.17, 15) is 18.7 Å². The summed E-state index contributed by atoms with van der Waals surface area (Å²) in [5.41, 5.74) is 2.64. The Morgan fingerprint density at radius 2 is 1.76 bits per heavy atom. The van der Waals surface area contributed by atoms with Gasteiger partial charge in [-0.15, -0.1) is 11.8 Å². The number of amides is 1. The van der Waals surface area contributed by atoms with Gasteiger partial charge in [0.2, 0.25) is 5.91 Å². The van der Waals surface area contributed by atoms with Gasteiger partial charge in [-0.05, 0) is 54.8 Å². The highest BCUT2D eigenvalue weighted by Gasteiger charge is 2.25. The van der Waals surface area contributed by atoms with Crippen LogP contribution in [0, 0.1) is 11.6 Å². The van der Waals surface area contributed by atoms with Gasteiger partial charge in [-0.3, -0.25) is 4.79 Å². The number of nitrogens with one attached hydrogen (secondary N) is 3. The molecule has 3 atom stereocenters. The summed E-state index contributed by atoms with van der Waals surface area (Å²) in [6.45, 7) is 4.47. The first-order valence-corrected chi connectivity index (χ1v) is 12.4. The third kappa shape index (κ3) is 9.37. The van der Waals surface area contributed by atoms with Gasteiger partial charge in [0, 0.05) is 19.2 Å². The third-order valence-electron chi connectivity index (χ3n) is 5.17. The predicted molar refractivity (Wildman–Crippen MR) is 134 cm³/mol. The number of aliphatic hydroxyl groups excluding tert-OH is 1. The molecule has 0 unspecified atom stereocenters. The number of thiocarbonyl (C=S) groups is 1. The van der Waals surface area contributed by atoms with Gasteiger partial charge < -0.3 is 21.1 Å². The average Bonchev–Trinajstić information content (AvgIpc) is 2.77. The van der Waals surface area contributed by atoms with Crippen LogP contribution in [-0.4, -0.2) is 46.3 Å². The minimum atomic E-state index is -0.991. The Bertz CT molecular complexity index is 925. The van der Waals surface area contributed by atoms with Crippen molar-refractivity contribution in [1.82, 2.24) is 16.0 Å². The third-order valence-corrected chi connectivity index (χ3v) is 6.27. The molecule has 0 saturated carbocycles. The second-order valence-electron chi connectivity index (χ2n) is 7.83. The fraction of sp³-hybridized carbons (Fsp3) is 0.417. The van der Waals surface area contributed by atoms with Crippen LogP contribution >= 0.6 is 24.0 Å². The van der Waals surface area contributed by atoms with Crippen molar-refractivity contribution in [2.45, 2.75) is 51.4 Å². The Balaban J connectivity index is 2.07. The maximum absolute atomic E-state index is 13.7. The van der Waals surface area contributed by atoms with Gasteiger partial charge in [0.1, 0.15) is 22.0 Å². The van der Waals surface area contributed by atoms with E-state index in [1.165, 1.54) is 29.5 Å². The fourth-order valence-electron chi connectivity index (χ4n) is 3.34. The molecule has 2 aromatic carbocycles. The molecule has 0 heterocycles. The van der Waals surface area contributed by atoms with Crippen molar-refractivity contribution in [2.75, 3.05) is 12.8 Å². The molecule has 5 nitrogen and oxygen atoms in total. The van der Waals surface area contributed by atoms with Crippen molar-refractivity contribution in [2.24, 2.45) is 0 Å². The first-order valence-electron chi connectivity index (χ1n) is 10.8. The summed E-state index contributed by atoms with van der Waals surface area (Å²) in [6, 6.07) is 9.92. The summed E-state index contributed by atoms with van der Waals surface area (Å²) in [5.74, 6) is -1.79. The Morgan fingerprint density at radius 1 is 1.09 bits per heavy atom. The Hall–Kier alpha value is -2.07. The molecule has 4 N–H and O–H groups in total. The predicted octanol–water partition coefficient (Wildman–Crippen LogP) is 3.33. The molecule has 1 amide bonds. The summed E-state index contributed by atoms with van der Waals surface area (Å²) in [4.78, 5) is 12.7. The molecular weight excluding hydrogens is 464 g/mol. The molecule has 0 aromatic heterocycles. The van der Waals surface area contributed by atoms with Crippen LogP contribution in [0.3, 0.4) is 0 Å². The second kappa shape index (κ2) is 13.6. The van der Waals surface area contributed by atoms with E-state index in [1.807, 2.05) is 12.1 Å². The van der Waals surface area contributed by atoms with Crippen molar-refractivity contribution in [1.29, 1.82) is 0 Å². The monoisotopic (exact) mass is 495 g/mol. The first-order chi connectivity index (χ1) is 15.7. The van der Waals surface area contributed by atoms with Crippen LogP contribution in [0.1, 0.15) is 30.5 Å². The van der Waals surface area contributed by atoms with Crippen LogP contribution in [0.2, 0.25) is 0 Å². The molecule has 9 heteroatoms. The molecule has 0 fully saturated rings. The molecule has 0 aliphatic carbocycles. The number of rotatable bonds is 11. The van der Waals surface area contributed by atoms with Crippen LogP contribution in [0.5, 0.6) is 0 Å². The minimum Gasteiger partial charge on any atom is -0.390 e. The largest absolute Gasteiger partial charge is 0.390 e. The van der Waals surface area contributed by atoms with Crippen LogP contribution in [0.25, 0.3) is 0 Å². The summed E-state index contributed by atoms with van der Waals surface area (Å²) in [7, 11) is 0. The van der Waals surface area contributed by atoms with E-state index in [1.54, 1.807) is 13.2 Å². The number of thioether (sulfide) groups is 1. The van der Waals surface area contributed by atoms with Gasteiger partial charge in [-0.1, -0.05) is 43.4 Å². The zero-order chi connectivity index (χ0) is 24.4. The SMILES string of the molecule is CCc1cccc(CNC[C@H](O)[C@H](Cc2cc(F)cc(F)c2)NC(=O)[C@H](C)NC(=S)SC)c1. The van der Waals surface area contributed by atoms with Crippen molar-refractivity contribution >= 4 is 34.2 Å². The molecule has 0 spiro atoms. The highest BCUT2D eigenvalue weighted by Crippen LogP contribution is 2.13. The standard InChI is InChI=1S/C24H31F2N3O2S2/c1-4-16-6-5-7-17(8-16)13-27-14-22(30)21(11-18-9-19(25)12-20(26)10-18)29-23(31)15(2)28-24(32)33-3/h5-10,12,15,21-22,27,30H,4,11,13-14H2,1-3H3,(H,28,32)(H,29,31)/t15-,21-,22-/m0/s1. The van der Waals surface area contributed by atoms with Gasteiger partial charge in [0.15, 0.2) is 0 Å². The molecule has 0 bridgehead atoms. The minimum absolute atomic E-state index is 0.0638. The van der Waals surface area contributed by atoms with Crippen molar-refractivity contribution in [3.05, 3.63) is 70.8 Å². The molecule has 0 saturated heterocycles. The lowest BCUT2D eigenvalue weighted by Gasteiger charge is -2.27. The number of hydrogen-bond donors (Lipinski definition) is 4. The van der Waals surface area contributed by atoms with Crippen molar-refractivity contribution in [3.63, 3.8) is 0 Å². The van der Waals surface area contributed by atoms with Crippen LogP contribution in [0.15, 0.2) is 42.5 Å². The summed E-state index contributed by atoms with van der Waals surface area (Å²) in [6.07, 6.45) is 1.80. The molecule has 180 valence electrons. The fourth-order valence-corrected chi connectivity index (χ4v) is 3.81. The highest BCUT2D eigenvalue weighted by molar-refractivity contribution is 8.22. The van der Waals surface area contributed by atoms with E-state index in [2.05, 4.69) is 35.0 Å². The average molecular weight is 496 g/mol. The number of halogens is 2. The van der Waals surface area contributed by atoms with Crippen LogP contribution in [0.4, 0.5) is 8.78 Å². The summed E-state index contributed by atoms with van der Waals surface area (Å²) in [5, 5.41) is 19.7. The maximum Gasteiger partial charge on any atom is 0.242 e. The van der Waals surface area contributed by atoms with Gasteiger partial charge in [0.05, 0.1) is 12.1 Å². The summed E-state index contributed by atoms with van der Waals surface area (Å²) < 4.78 is 27.8. The Morgan fingerprint density at radius 3 is 2.39 bits per heavy atom. The van der Waals surface area contributed by atoms with Gasteiger partial charge in [-0.2, -0.15) is 0 Å². The number of carbonyl (C=O) groups excluding carboxylic acids is 1. The highest BCUT2D eigenvalue weighted by atomic mass is 32.2. The smallest absolute Gasteiger partial charge is 0.242 e. The van der Waals surface area contributed by atoms with Crippen LogP contribution in [-0.2, 0) is 24.2 Å². The van der Waals surface area contributed by atoms with Gasteiger partial charge in [0.25, 0.3) is 0 Å². The Kier molecular flexibility index (Phi) is 11.2. The number of carbonyl (C=O) groups is 1. The lowest BCUT2D eigenvalue weighted by atomic mass is 10.00. The van der Waals surface area contributed by atoms with E-state index in [-0.39, 0.29) is 18.9 Å². The zero-order valence-corrected chi connectivity index (χ0v) is 20.7. The van der Waals surface area contributed by atoms with Crippen molar-refractivity contribution in [3.8, 4) is 0 Å². The lowest BCUT2D eigenvalue weighted by molar-refractivity contribution is -0.123. The normalized spacial score (nSPS) is 13.8. The van der Waals surface area contributed by atoms with Crippen molar-refractivity contribution < 1.29 is 18.7 Å². The van der Waals surface area contributed by atoms with E-state index < -0.39 is 29.8 Å². The van der Waals surface area contributed by atoms with Gasteiger partial charge in [-0.25, -0.2) is 8.78 Å². The lowest BCUT2D eigenvalue weighted by Crippen LogP contribution is -2.53. The second-order valence-corrected chi connectivity index (χ2v) is 9.31. The molecular formula is C24H31F2N3O2S2. The van der Waals surface area contributed by atoms with E-state index in [4.69, 9.17) is 12.2 Å². The van der Waals surface area contributed by atoms with E-state index >= 15 is 0 Å². The number of aryl methyl sites for hydroxylation is 1. The molecule has 0 aliphatic rings. The topological polar surface area (TPSA) is 73.4 Å². The van der Waals surface area contributed by atoms with Gasteiger partial charge >= 0.3 is 0 Å². The first kappa shape index (κ1) is 27.2. The summed E-state index contributed by atoms with van der Waals surface area (Å²) >= 11 is 6.41. The van der Waals surface area contributed by atoms with E-state index in [0.717, 1.165) is 18.1 Å². The molecule has 2 aromatic rings. The molecule has 33 heavy (non-hydrogen) atoms.